The van der Waals surface area contributed by atoms with Crippen molar-refractivity contribution in [2.45, 2.75) is 117 Å². The molecule has 0 unspecified atom stereocenters. The van der Waals surface area contributed by atoms with Crippen molar-refractivity contribution in [3.05, 3.63) is 51.0 Å². The number of fused-ring (bicyclic) bond motifs is 2. The number of aryl methyl sites for hydroxylation is 2. The molecule has 6 nitrogen and oxygen atoms in total. The number of halogens is 1. The second-order valence-corrected chi connectivity index (χ2v) is 14.1. The lowest BCUT2D eigenvalue weighted by atomic mass is 9.74. The molecule has 5 rings (SSSR count). The van der Waals surface area contributed by atoms with Gasteiger partial charge in [-0.15, -0.1) is 0 Å². The van der Waals surface area contributed by atoms with E-state index in [0.29, 0.717) is 29.9 Å². The SMILES string of the molecule is CCc1cc2c(cc1B1OC(C)(C)C(C)(C)O1)OC(C)(C)CC2=O.CCc1cc2c(cc1Br)OC(C)(C)CC2=O. The van der Waals surface area contributed by atoms with Crippen molar-refractivity contribution in [2.24, 2.45) is 0 Å². The van der Waals surface area contributed by atoms with Crippen LogP contribution in [-0.2, 0) is 22.2 Å². The van der Waals surface area contributed by atoms with Gasteiger partial charge in [-0.05, 0) is 109 Å². The number of carbonyl (C=O) groups excluding carboxylic acids is 2. The third-order valence-electron chi connectivity index (χ3n) is 8.20. The van der Waals surface area contributed by atoms with E-state index in [0.717, 1.165) is 39.5 Å². The van der Waals surface area contributed by atoms with Crippen LogP contribution in [0.2, 0.25) is 0 Å². The van der Waals surface area contributed by atoms with Crippen LogP contribution in [0.25, 0.3) is 0 Å². The lowest BCUT2D eigenvalue weighted by molar-refractivity contribution is 0.00578. The van der Waals surface area contributed by atoms with Crippen LogP contribution in [-0.4, -0.2) is 41.1 Å². The fourth-order valence-electron chi connectivity index (χ4n) is 5.24. The van der Waals surface area contributed by atoms with Gasteiger partial charge in [0.25, 0.3) is 0 Å². The maximum atomic E-state index is 12.5. The van der Waals surface area contributed by atoms with Crippen molar-refractivity contribution < 1.29 is 28.4 Å². The molecule has 0 atom stereocenters. The standard InChI is InChI=1S/C19H27BO4.C13H15BrO2/c1-8-12-9-13-15(21)11-17(2,3)22-16(13)10-14(12)20-23-18(4,5)19(6,7)24-20;1-4-8-5-9-11(15)7-13(2,3)16-12(9)6-10(8)14/h9-10H,8,11H2,1-7H3;5-6H,4,7H2,1-3H3. The molecule has 0 radical (unpaired) electrons. The first-order valence-corrected chi connectivity index (χ1v) is 15.0. The molecule has 3 aliphatic rings. The first kappa shape index (κ1) is 30.8. The highest BCUT2D eigenvalue weighted by atomic mass is 79.9. The Morgan fingerprint density at radius 3 is 1.57 bits per heavy atom. The van der Waals surface area contributed by atoms with E-state index in [2.05, 4.69) is 29.8 Å². The average Bonchev–Trinajstić information content (AvgIpc) is 3.03. The smallest absolute Gasteiger partial charge is 0.487 e. The quantitative estimate of drug-likeness (QED) is 0.346. The van der Waals surface area contributed by atoms with Gasteiger partial charge >= 0.3 is 7.12 Å². The van der Waals surface area contributed by atoms with Crippen molar-refractivity contribution in [3.8, 4) is 11.5 Å². The Morgan fingerprint density at radius 2 is 1.12 bits per heavy atom. The van der Waals surface area contributed by atoms with Crippen LogP contribution in [0.1, 0.15) is 114 Å². The minimum absolute atomic E-state index is 0.136. The Bertz CT molecular complexity index is 1330. The average molecular weight is 613 g/mol. The molecular weight excluding hydrogens is 571 g/mol. The third kappa shape index (κ3) is 6.05. The Balaban J connectivity index is 0.000000201. The Kier molecular flexibility index (Phi) is 8.16. The van der Waals surface area contributed by atoms with E-state index < -0.39 is 29.5 Å². The van der Waals surface area contributed by atoms with E-state index in [1.54, 1.807) is 0 Å². The molecule has 0 saturated carbocycles. The van der Waals surface area contributed by atoms with E-state index in [-0.39, 0.29) is 11.6 Å². The van der Waals surface area contributed by atoms with Crippen LogP contribution in [0.5, 0.6) is 11.5 Å². The highest BCUT2D eigenvalue weighted by Gasteiger charge is 2.52. The van der Waals surface area contributed by atoms with E-state index in [9.17, 15) is 9.59 Å². The Morgan fingerprint density at radius 1 is 0.700 bits per heavy atom. The van der Waals surface area contributed by atoms with Crippen molar-refractivity contribution >= 4 is 40.1 Å². The highest BCUT2D eigenvalue weighted by Crippen LogP contribution is 2.39. The van der Waals surface area contributed by atoms with Gasteiger partial charge in [0.1, 0.15) is 22.7 Å². The summed E-state index contributed by atoms with van der Waals surface area (Å²) in [5.74, 6) is 1.65. The normalized spacial score (nSPS) is 21.4. The summed E-state index contributed by atoms with van der Waals surface area (Å²) in [4.78, 5) is 24.5. The fraction of sp³-hybridized carbons (Fsp3) is 0.562. The maximum absolute atomic E-state index is 12.5. The first-order chi connectivity index (χ1) is 18.4. The molecule has 8 heteroatoms. The largest absolute Gasteiger partial charge is 0.495 e. The van der Waals surface area contributed by atoms with E-state index in [1.165, 1.54) is 0 Å². The summed E-state index contributed by atoms with van der Waals surface area (Å²) in [5.41, 5.74) is 2.91. The molecule has 3 aliphatic heterocycles. The van der Waals surface area contributed by atoms with E-state index >= 15 is 0 Å². The number of Topliss-reactive ketones (excluding diaryl/α,β-unsaturated/α-hetero) is 2. The van der Waals surface area contributed by atoms with Crippen LogP contribution in [0.4, 0.5) is 0 Å². The lowest BCUT2D eigenvalue weighted by Gasteiger charge is -2.32. The molecule has 0 aliphatic carbocycles. The predicted molar refractivity (Wildman–Crippen MR) is 162 cm³/mol. The zero-order chi connectivity index (χ0) is 29.8. The van der Waals surface area contributed by atoms with Crippen LogP contribution >= 0.6 is 15.9 Å². The maximum Gasteiger partial charge on any atom is 0.495 e. The topological polar surface area (TPSA) is 71.1 Å². The number of hydrogen-bond donors (Lipinski definition) is 0. The molecule has 216 valence electrons. The number of rotatable bonds is 3. The summed E-state index contributed by atoms with van der Waals surface area (Å²) in [6.07, 6.45) is 2.57. The number of carbonyl (C=O) groups is 2. The monoisotopic (exact) mass is 612 g/mol. The molecule has 0 aromatic heterocycles. The molecule has 1 fully saturated rings. The zero-order valence-corrected chi connectivity index (χ0v) is 27.1. The molecule has 0 bridgehead atoms. The molecule has 2 aromatic rings. The summed E-state index contributed by atoms with van der Waals surface area (Å²) in [6.45, 7) is 20.1. The molecular formula is C32H42BBrO6. The summed E-state index contributed by atoms with van der Waals surface area (Å²) in [6, 6.07) is 7.74. The van der Waals surface area contributed by atoms with E-state index in [4.69, 9.17) is 18.8 Å². The highest BCUT2D eigenvalue weighted by molar-refractivity contribution is 9.10. The van der Waals surface area contributed by atoms with E-state index in [1.807, 2.05) is 79.7 Å². The first-order valence-electron chi connectivity index (χ1n) is 14.2. The minimum atomic E-state index is -0.481. The predicted octanol–water partition coefficient (Wildman–Crippen LogP) is 7.05. The molecule has 0 amide bonds. The van der Waals surface area contributed by atoms with Gasteiger partial charge in [0.15, 0.2) is 11.6 Å². The molecule has 3 heterocycles. The van der Waals surface area contributed by atoms with Crippen molar-refractivity contribution in [1.29, 1.82) is 0 Å². The van der Waals surface area contributed by atoms with Gasteiger partial charge in [0, 0.05) is 4.47 Å². The van der Waals surface area contributed by atoms with Crippen LogP contribution < -0.4 is 14.9 Å². The lowest BCUT2D eigenvalue weighted by Crippen LogP contribution is -2.41. The van der Waals surface area contributed by atoms with Crippen molar-refractivity contribution in [2.75, 3.05) is 0 Å². The second kappa shape index (κ2) is 10.6. The molecule has 40 heavy (non-hydrogen) atoms. The second-order valence-electron chi connectivity index (χ2n) is 13.2. The number of hydrogen-bond acceptors (Lipinski definition) is 6. The van der Waals surface area contributed by atoms with Gasteiger partial charge in [-0.2, -0.15) is 0 Å². The van der Waals surface area contributed by atoms with Crippen molar-refractivity contribution in [1.82, 2.24) is 0 Å². The summed E-state index contributed by atoms with van der Waals surface area (Å²) < 4.78 is 25.3. The molecule has 2 aromatic carbocycles. The van der Waals surface area contributed by atoms with Crippen LogP contribution in [0.15, 0.2) is 28.7 Å². The van der Waals surface area contributed by atoms with Crippen LogP contribution in [0, 0.1) is 0 Å². The van der Waals surface area contributed by atoms with Gasteiger partial charge in [-0.25, -0.2) is 0 Å². The van der Waals surface area contributed by atoms with Gasteiger partial charge in [0.2, 0.25) is 0 Å². The number of ether oxygens (including phenoxy) is 2. The number of benzene rings is 2. The Labute approximate surface area is 247 Å². The van der Waals surface area contributed by atoms with Gasteiger partial charge in [-0.3, -0.25) is 9.59 Å². The molecule has 1 saturated heterocycles. The van der Waals surface area contributed by atoms with Gasteiger partial charge in [0.05, 0.1) is 35.2 Å². The summed E-state index contributed by atoms with van der Waals surface area (Å²) >= 11 is 3.50. The van der Waals surface area contributed by atoms with Crippen LogP contribution in [0.3, 0.4) is 0 Å². The minimum Gasteiger partial charge on any atom is -0.487 e. The fourth-order valence-corrected chi connectivity index (χ4v) is 5.85. The molecule has 0 spiro atoms. The van der Waals surface area contributed by atoms with Crippen molar-refractivity contribution in [3.63, 3.8) is 0 Å². The Hall–Kier alpha value is -2.16. The summed E-state index contributed by atoms with van der Waals surface area (Å²) in [7, 11) is -0.445. The van der Waals surface area contributed by atoms with Gasteiger partial charge in [-0.1, -0.05) is 29.8 Å². The summed E-state index contributed by atoms with van der Waals surface area (Å²) in [5, 5.41) is 0. The molecule has 0 N–H and O–H groups in total. The third-order valence-corrected chi connectivity index (χ3v) is 8.94. The zero-order valence-electron chi connectivity index (χ0n) is 25.5. The number of ketones is 2. The van der Waals surface area contributed by atoms with Gasteiger partial charge < -0.3 is 18.8 Å².